The van der Waals surface area contributed by atoms with E-state index in [1.165, 1.54) is 17.7 Å². The number of aryl methyl sites for hydroxylation is 1. The van der Waals surface area contributed by atoms with E-state index in [2.05, 4.69) is 12.1 Å². The molecule has 0 fully saturated rings. The van der Waals surface area contributed by atoms with Crippen LogP contribution in [0.15, 0.2) is 48.5 Å². The van der Waals surface area contributed by atoms with E-state index in [9.17, 15) is 9.18 Å². The van der Waals surface area contributed by atoms with Crippen LogP contribution < -0.4 is 4.74 Å². The molecule has 0 spiro atoms. The summed E-state index contributed by atoms with van der Waals surface area (Å²) in [6, 6.07) is 14.3. The summed E-state index contributed by atoms with van der Waals surface area (Å²) in [5.41, 5.74) is 2.18. The number of carboxylic acids is 1. The van der Waals surface area contributed by atoms with Crippen LogP contribution in [-0.2, 0) is 17.8 Å². The van der Waals surface area contributed by atoms with E-state index in [0.29, 0.717) is 13.0 Å². The van der Waals surface area contributed by atoms with Gasteiger partial charge in [-0.15, -0.1) is 11.6 Å². The molecular formula is C21H24ClFO3. The summed E-state index contributed by atoms with van der Waals surface area (Å²) in [7, 11) is 0. The first-order valence-electron chi connectivity index (χ1n) is 8.87. The third kappa shape index (κ3) is 7.44. The molecule has 1 atom stereocenters. The Morgan fingerprint density at radius 1 is 0.962 bits per heavy atom. The Balaban J connectivity index is 1.62. The van der Waals surface area contributed by atoms with Gasteiger partial charge in [0.25, 0.3) is 0 Å². The van der Waals surface area contributed by atoms with Gasteiger partial charge in [0.2, 0.25) is 0 Å². The average Bonchev–Trinajstić information content (AvgIpc) is 2.64. The molecule has 0 heterocycles. The average molecular weight is 379 g/mol. The number of benzene rings is 2. The van der Waals surface area contributed by atoms with E-state index in [-0.39, 0.29) is 5.82 Å². The highest BCUT2D eigenvalue weighted by atomic mass is 35.5. The van der Waals surface area contributed by atoms with Gasteiger partial charge in [0, 0.05) is 0 Å². The highest BCUT2D eigenvalue weighted by molar-refractivity contribution is 6.29. The van der Waals surface area contributed by atoms with Gasteiger partial charge in [0.1, 0.15) is 23.6 Å². The van der Waals surface area contributed by atoms with Gasteiger partial charge in [-0.25, -0.2) is 4.39 Å². The Morgan fingerprint density at radius 2 is 1.58 bits per heavy atom. The van der Waals surface area contributed by atoms with Crippen molar-refractivity contribution in [2.24, 2.45) is 0 Å². The van der Waals surface area contributed by atoms with Gasteiger partial charge < -0.3 is 9.84 Å². The van der Waals surface area contributed by atoms with Crippen LogP contribution in [0.3, 0.4) is 0 Å². The second kappa shape index (κ2) is 10.8. The molecule has 0 saturated carbocycles. The molecule has 5 heteroatoms. The van der Waals surface area contributed by atoms with Crippen LogP contribution in [0.4, 0.5) is 4.39 Å². The standard InChI is InChI=1S/C21H24ClFO3/c22-20(21(24)25)6-4-2-1-3-5-16-9-13-19(14-10-16)26-15-17-7-11-18(23)12-8-17/h7-14,20H,1-6,15H2,(H,24,25). The van der Waals surface area contributed by atoms with E-state index < -0.39 is 11.3 Å². The van der Waals surface area contributed by atoms with Crippen molar-refractivity contribution in [2.75, 3.05) is 0 Å². The molecular weight excluding hydrogens is 355 g/mol. The number of halogens is 2. The molecule has 0 aliphatic rings. The predicted octanol–water partition coefficient (Wildman–Crippen LogP) is 5.59. The highest BCUT2D eigenvalue weighted by Gasteiger charge is 2.11. The predicted molar refractivity (Wildman–Crippen MR) is 101 cm³/mol. The Hall–Kier alpha value is -2.07. The molecule has 0 aromatic heterocycles. The summed E-state index contributed by atoms with van der Waals surface area (Å²) in [5.74, 6) is -0.393. The second-order valence-electron chi connectivity index (χ2n) is 6.32. The normalized spacial score (nSPS) is 11.9. The Bertz CT molecular complexity index is 671. The summed E-state index contributed by atoms with van der Waals surface area (Å²) in [4.78, 5) is 10.6. The van der Waals surface area contributed by atoms with Gasteiger partial charge in [0.05, 0.1) is 0 Å². The maximum atomic E-state index is 12.9. The van der Waals surface area contributed by atoms with Crippen LogP contribution in [-0.4, -0.2) is 16.5 Å². The molecule has 2 aromatic rings. The minimum Gasteiger partial charge on any atom is -0.489 e. The molecule has 0 aliphatic heterocycles. The van der Waals surface area contributed by atoms with Gasteiger partial charge in [-0.1, -0.05) is 43.5 Å². The van der Waals surface area contributed by atoms with Crippen LogP contribution >= 0.6 is 11.6 Å². The summed E-state index contributed by atoms with van der Waals surface area (Å²) >= 11 is 5.68. The van der Waals surface area contributed by atoms with E-state index in [1.54, 1.807) is 12.1 Å². The lowest BCUT2D eigenvalue weighted by molar-refractivity contribution is -0.136. The van der Waals surface area contributed by atoms with Gasteiger partial charge in [-0.2, -0.15) is 0 Å². The number of rotatable bonds is 11. The van der Waals surface area contributed by atoms with Crippen molar-refractivity contribution in [3.05, 3.63) is 65.5 Å². The molecule has 1 N–H and O–H groups in total. The lowest BCUT2D eigenvalue weighted by atomic mass is 10.0. The van der Waals surface area contributed by atoms with Crippen molar-refractivity contribution >= 4 is 17.6 Å². The van der Waals surface area contributed by atoms with Crippen molar-refractivity contribution in [2.45, 2.75) is 50.5 Å². The SMILES string of the molecule is O=C(O)C(Cl)CCCCCCc1ccc(OCc2ccc(F)cc2)cc1. The van der Waals surface area contributed by atoms with Crippen LogP contribution in [0.5, 0.6) is 5.75 Å². The van der Waals surface area contributed by atoms with Crippen LogP contribution in [0.1, 0.15) is 43.2 Å². The van der Waals surface area contributed by atoms with Crippen LogP contribution in [0.25, 0.3) is 0 Å². The summed E-state index contributed by atoms with van der Waals surface area (Å²) in [6.45, 7) is 0.414. The third-order valence-corrected chi connectivity index (χ3v) is 4.59. The number of hydrogen-bond donors (Lipinski definition) is 1. The quantitative estimate of drug-likeness (QED) is 0.409. The molecule has 2 aromatic carbocycles. The summed E-state index contributed by atoms with van der Waals surface area (Å²) in [5, 5.41) is 7.95. The molecule has 0 amide bonds. The fraction of sp³-hybridized carbons (Fsp3) is 0.381. The molecule has 0 radical (unpaired) electrons. The lowest BCUT2D eigenvalue weighted by Crippen LogP contribution is -2.12. The van der Waals surface area contributed by atoms with E-state index in [0.717, 1.165) is 43.4 Å². The minimum atomic E-state index is -0.937. The largest absolute Gasteiger partial charge is 0.489 e. The molecule has 140 valence electrons. The maximum Gasteiger partial charge on any atom is 0.321 e. The maximum absolute atomic E-state index is 12.9. The monoisotopic (exact) mass is 378 g/mol. The fourth-order valence-corrected chi connectivity index (χ4v) is 2.78. The lowest BCUT2D eigenvalue weighted by Gasteiger charge is -2.08. The number of carboxylic acid groups (broad SMARTS) is 1. The second-order valence-corrected chi connectivity index (χ2v) is 6.84. The number of unbranched alkanes of at least 4 members (excludes halogenated alkanes) is 3. The molecule has 26 heavy (non-hydrogen) atoms. The third-order valence-electron chi connectivity index (χ3n) is 4.18. The fourth-order valence-electron chi connectivity index (χ4n) is 2.63. The molecule has 0 saturated heterocycles. The van der Waals surface area contributed by atoms with Crippen molar-refractivity contribution in [3.8, 4) is 5.75 Å². The number of aliphatic carboxylic acids is 1. The van der Waals surface area contributed by atoms with Gasteiger partial charge >= 0.3 is 5.97 Å². The molecule has 0 aliphatic carbocycles. The summed E-state index contributed by atoms with van der Waals surface area (Å²) < 4.78 is 18.6. The Morgan fingerprint density at radius 3 is 2.23 bits per heavy atom. The van der Waals surface area contributed by atoms with Crippen LogP contribution in [0.2, 0.25) is 0 Å². The smallest absolute Gasteiger partial charge is 0.321 e. The highest BCUT2D eigenvalue weighted by Crippen LogP contribution is 2.17. The number of carbonyl (C=O) groups is 1. The Labute approximate surface area is 158 Å². The van der Waals surface area contributed by atoms with Crippen molar-refractivity contribution < 1.29 is 19.0 Å². The van der Waals surface area contributed by atoms with Crippen molar-refractivity contribution in [3.63, 3.8) is 0 Å². The molecule has 1 unspecified atom stereocenters. The van der Waals surface area contributed by atoms with Crippen molar-refractivity contribution in [1.82, 2.24) is 0 Å². The van der Waals surface area contributed by atoms with E-state index >= 15 is 0 Å². The number of alkyl halides is 1. The minimum absolute atomic E-state index is 0.248. The van der Waals surface area contributed by atoms with Crippen LogP contribution in [0, 0.1) is 5.82 Å². The van der Waals surface area contributed by atoms with Crippen molar-refractivity contribution in [1.29, 1.82) is 0 Å². The molecule has 0 bridgehead atoms. The number of ether oxygens (including phenoxy) is 1. The molecule has 3 nitrogen and oxygen atoms in total. The topological polar surface area (TPSA) is 46.5 Å². The van der Waals surface area contributed by atoms with E-state index in [1.807, 2.05) is 12.1 Å². The molecule has 2 rings (SSSR count). The van der Waals surface area contributed by atoms with Gasteiger partial charge in [0.15, 0.2) is 0 Å². The van der Waals surface area contributed by atoms with Gasteiger partial charge in [-0.05, 0) is 54.7 Å². The zero-order chi connectivity index (χ0) is 18.8. The first-order chi connectivity index (χ1) is 12.5. The first-order valence-corrected chi connectivity index (χ1v) is 9.31. The zero-order valence-electron chi connectivity index (χ0n) is 14.7. The Kier molecular flexibility index (Phi) is 8.42. The zero-order valence-corrected chi connectivity index (χ0v) is 15.4. The first kappa shape index (κ1) is 20.2. The summed E-state index contributed by atoms with van der Waals surface area (Å²) in [6.07, 6.45) is 5.48. The van der Waals surface area contributed by atoms with E-state index in [4.69, 9.17) is 21.4 Å². The number of hydrogen-bond acceptors (Lipinski definition) is 2. The van der Waals surface area contributed by atoms with Gasteiger partial charge in [-0.3, -0.25) is 4.79 Å².